The number of nitrogens with zero attached hydrogens (tertiary/aromatic N) is 4. The van der Waals surface area contributed by atoms with E-state index < -0.39 is 0 Å². The molecule has 0 fully saturated rings. The van der Waals surface area contributed by atoms with Gasteiger partial charge in [-0.05, 0) is 36.4 Å². The third-order valence-electron chi connectivity index (χ3n) is 4.05. The quantitative estimate of drug-likeness (QED) is 0.589. The minimum absolute atomic E-state index is 0.779. The van der Waals surface area contributed by atoms with E-state index in [4.69, 9.17) is 0 Å². The van der Waals surface area contributed by atoms with Gasteiger partial charge in [-0.15, -0.1) is 0 Å². The van der Waals surface area contributed by atoms with Crippen LogP contribution in [0.5, 0.6) is 0 Å². The average molecular weight is 400 g/mol. The molecule has 0 unspecified atom stereocenters. The predicted octanol–water partition coefficient (Wildman–Crippen LogP) is 3.37. The van der Waals surface area contributed by atoms with Crippen molar-refractivity contribution in [3.63, 3.8) is 0 Å². The molecule has 5 nitrogen and oxygen atoms in total. The summed E-state index contributed by atoms with van der Waals surface area (Å²) < 4.78 is 3.15. The third kappa shape index (κ3) is 5.14. The van der Waals surface area contributed by atoms with Crippen molar-refractivity contribution in [2.24, 2.45) is 7.05 Å². The molecule has 0 aliphatic rings. The molecule has 6 heteroatoms. The summed E-state index contributed by atoms with van der Waals surface area (Å²) in [6.45, 7) is 3.38. The highest BCUT2D eigenvalue weighted by molar-refractivity contribution is 9.10. The highest BCUT2D eigenvalue weighted by Crippen LogP contribution is 2.20. The highest BCUT2D eigenvalue weighted by atomic mass is 79.9. The molecule has 0 spiro atoms. The van der Waals surface area contributed by atoms with Gasteiger partial charge in [0.25, 0.3) is 0 Å². The van der Waals surface area contributed by atoms with Gasteiger partial charge in [-0.3, -0.25) is 4.98 Å². The number of hydrogen-bond acceptors (Lipinski definition) is 4. The second-order valence-corrected chi connectivity index (χ2v) is 6.81. The lowest BCUT2D eigenvalue weighted by molar-refractivity contribution is 0.641. The average Bonchev–Trinajstić information content (AvgIpc) is 3.04. The monoisotopic (exact) mass is 399 g/mol. The highest BCUT2D eigenvalue weighted by Gasteiger charge is 2.09. The smallest absolute Gasteiger partial charge is 0.0946 e. The van der Waals surface area contributed by atoms with E-state index in [0.29, 0.717) is 0 Å². The molecule has 0 bridgehead atoms. The number of pyridine rings is 1. The standard InChI is InChI=1S/C19H22BrN5/c1-24-15-22-13-19(24)14-25(18-7-5-16(20)6-8-18)11-10-21-12-17-4-2-3-9-23-17/h2-9,13,15,21H,10-12,14H2,1H3. The second kappa shape index (κ2) is 8.78. The summed E-state index contributed by atoms with van der Waals surface area (Å²) in [5.41, 5.74) is 3.45. The first-order valence-electron chi connectivity index (χ1n) is 8.29. The van der Waals surface area contributed by atoms with Gasteiger partial charge in [0.2, 0.25) is 0 Å². The van der Waals surface area contributed by atoms with Gasteiger partial charge < -0.3 is 14.8 Å². The van der Waals surface area contributed by atoms with Gasteiger partial charge in [-0.2, -0.15) is 0 Å². The molecule has 0 saturated carbocycles. The second-order valence-electron chi connectivity index (χ2n) is 5.89. The molecule has 0 atom stereocenters. The van der Waals surface area contributed by atoms with E-state index in [1.165, 1.54) is 11.4 Å². The number of rotatable bonds is 8. The van der Waals surface area contributed by atoms with Crippen molar-refractivity contribution in [3.05, 3.63) is 77.0 Å². The Morgan fingerprint density at radius 2 is 2.00 bits per heavy atom. The minimum Gasteiger partial charge on any atom is -0.364 e. The van der Waals surface area contributed by atoms with Crippen LogP contribution in [0.4, 0.5) is 5.69 Å². The van der Waals surface area contributed by atoms with E-state index in [2.05, 4.69) is 64.9 Å². The maximum absolute atomic E-state index is 4.34. The van der Waals surface area contributed by atoms with Crippen LogP contribution in [0.1, 0.15) is 11.4 Å². The lowest BCUT2D eigenvalue weighted by Gasteiger charge is -2.25. The van der Waals surface area contributed by atoms with Crippen molar-refractivity contribution >= 4 is 21.6 Å². The summed E-state index contributed by atoms with van der Waals surface area (Å²) in [5.74, 6) is 0. The number of nitrogens with one attached hydrogen (secondary N) is 1. The SMILES string of the molecule is Cn1cncc1CN(CCNCc1ccccn1)c1ccc(Br)cc1. The van der Waals surface area contributed by atoms with Crippen LogP contribution < -0.4 is 10.2 Å². The Bertz CT molecular complexity index is 770. The predicted molar refractivity (Wildman–Crippen MR) is 104 cm³/mol. The Hall–Kier alpha value is -2.18. The molecule has 0 amide bonds. The molecule has 1 aromatic carbocycles. The zero-order chi connectivity index (χ0) is 17.5. The van der Waals surface area contributed by atoms with Crippen molar-refractivity contribution in [3.8, 4) is 0 Å². The van der Waals surface area contributed by atoms with Crippen LogP contribution in [0.2, 0.25) is 0 Å². The summed E-state index contributed by atoms with van der Waals surface area (Å²) in [5, 5.41) is 3.47. The maximum atomic E-state index is 4.34. The lowest BCUT2D eigenvalue weighted by Crippen LogP contribution is -2.32. The molecule has 2 aromatic heterocycles. The van der Waals surface area contributed by atoms with Gasteiger partial charge in [0.05, 0.1) is 24.3 Å². The van der Waals surface area contributed by atoms with Crippen LogP contribution in [0.25, 0.3) is 0 Å². The number of halogens is 1. The Morgan fingerprint density at radius 3 is 2.68 bits per heavy atom. The van der Waals surface area contributed by atoms with Crippen LogP contribution in [0, 0.1) is 0 Å². The summed E-state index contributed by atoms with van der Waals surface area (Å²) in [4.78, 5) is 10.9. The maximum Gasteiger partial charge on any atom is 0.0946 e. The van der Waals surface area contributed by atoms with Crippen LogP contribution in [-0.4, -0.2) is 27.6 Å². The van der Waals surface area contributed by atoms with Crippen LogP contribution in [0.15, 0.2) is 65.7 Å². The van der Waals surface area contributed by atoms with Crippen molar-refractivity contribution in [2.75, 3.05) is 18.0 Å². The van der Waals surface area contributed by atoms with E-state index in [1.54, 1.807) is 0 Å². The fourth-order valence-corrected chi connectivity index (χ4v) is 2.88. The number of hydrogen-bond donors (Lipinski definition) is 1. The largest absolute Gasteiger partial charge is 0.364 e. The molecule has 0 aliphatic carbocycles. The molecular weight excluding hydrogens is 378 g/mol. The number of anilines is 1. The number of aryl methyl sites for hydroxylation is 1. The van der Waals surface area contributed by atoms with Gasteiger partial charge in [-0.25, -0.2) is 4.98 Å². The molecule has 2 heterocycles. The number of aromatic nitrogens is 3. The first-order chi connectivity index (χ1) is 12.2. The fraction of sp³-hybridized carbons (Fsp3) is 0.263. The number of benzene rings is 1. The van der Waals surface area contributed by atoms with E-state index in [9.17, 15) is 0 Å². The zero-order valence-corrected chi connectivity index (χ0v) is 15.9. The molecule has 25 heavy (non-hydrogen) atoms. The summed E-state index contributed by atoms with van der Waals surface area (Å²) in [6, 6.07) is 14.4. The van der Waals surface area contributed by atoms with Crippen molar-refractivity contribution in [2.45, 2.75) is 13.1 Å². The molecule has 0 radical (unpaired) electrons. The van der Waals surface area contributed by atoms with Crippen molar-refractivity contribution in [1.29, 1.82) is 0 Å². The first-order valence-corrected chi connectivity index (χ1v) is 9.08. The zero-order valence-electron chi connectivity index (χ0n) is 14.3. The van der Waals surface area contributed by atoms with Gasteiger partial charge in [0.1, 0.15) is 0 Å². The summed E-state index contributed by atoms with van der Waals surface area (Å²) in [6.07, 6.45) is 5.59. The fourth-order valence-electron chi connectivity index (χ4n) is 2.62. The van der Waals surface area contributed by atoms with Gasteiger partial charge >= 0.3 is 0 Å². The van der Waals surface area contributed by atoms with Gasteiger partial charge in [0, 0.05) is 49.2 Å². The summed E-state index contributed by atoms with van der Waals surface area (Å²) >= 11 is 3.50. The van der Waals surface area contributed by atoms with Crippen molar-refractivity contribution in [1.82, 2.24) is 19.9 Å². The van der Waals surface area contributed by atoms with Crippen LogP contribution in [0.3, 0.4) is 0 Å². The molecule has 3 aromatic rings. The van der Waals surface area contributed by atoms with E-state index in [1.807, 2.05) is 44.0 Å². The van der Waals surface area contributed by atoms with E-state index in [-0.39, 0.29) is 0 Å². The van der Waals surface area contributed by atoms with Crippen molar-refractivity contribution < 1.29 is 0 Å². The molecule has 3 rings (SSSR count). The van der Waals surface area contributed by atoms with Gasteiger partial charge in [-0.1, -0.05) is 22.0 Å². The lowest BCUT2D eigenvalue weighted by atomic mass is 10.2. The molecule has 1 N–H and O–H groups in total. The Kier molecular flexibility index (Phi) is 6.19. The van der Waals surface area contributed by atoms with Crippen LogP contribution >= 0.6 is 15.9 Å². The normalized spacial score (nSPS) is 10.8. The molecule has 0 aliphatic heterocycles. The van der Waals surface area contributed by atoms with Crippen LogP contribution in [-0.2, 0) is 20.1 Å². The molecule has 0 saturated heterocycles. The Balaban J connectivity index is 1.61. The minimum atomic E-state index is 0.779. The van der Waals surface area contributed by atoms with Gasteiger partial charge in [0.15, 0.2) is 0 Å². The van der Waals surface area contributed by atoms with E-state index in [0.717, 1.165) is 36.3 Å². The Morgan fingerprint density at radius 1 is 1.16 bits per heavy atom. The molecule has 130 valence electrons. The number of imidazole rings is 1. The Labute approximate surface area is 156 Å². The molecular formula is C19H22BrN5. The topological polar surface area (TPSA) is 46.0 Å². The summed E-state index contributed by atoms with van der Waals surface area (Å²) in [7, 11) is 2.03. The van der Waals surface area contributed by atoms with E-state index >= 15 is 0 Å². The third-order valence-corrected chi connectivity index (χ3v) is 4.58. The first kappa shape index (κ1) is 17.6.